The van der Waals surface area contributed by atoms with Crippen LogP contribution in [0.3, 0.4) is 0 Å². The molecule has 0 heterocycles. The summed E-state index contributed by atoms with van der Waals surface area (Å²) in [6.07, 6.45) is 0.606. The number of carbonyl (C=O) groups excluding carboxylic acids is 2. The van der Waals surface area contributed by atoms with Gasteiger partial charge in [-0.05, 0) is 36.3 Å². The molecule has 1 aromatic rings. The average molecular weight is 335 g/mol. The third-order valence-corrected chi connectivity index (χ3v) is 3.68. The summed E-state index contributed by atoms with van der Waals surface area (Å²) in [4.78, 5) is 23.4. The molecule has 0 spiro atoms. The van der Waals surface area contributed by atoms with Gasteiger partial charge in [0, 0.05) is 6.42 Å². The van der Waals surface area contributed by atoms with E-state index in [1.165, 1.54) is 0 Å². The Morgan fingerprint density at radius 3 is 2.04 bits per heavy atom. The quantitative estimate of drug-likeness (QED) is 0.447. The van der Waals surface area contributed by atoms with Crippen LogP contribution < -0.4 is 10.5 Å². The summed E-state index contributed by atoms with van der Waals surface area (Å²) in [5, 5.41) is 0. The Balaban J connectivity index is 2.68. The number of benzene rings is 1. The highest BCUT2D eigenvalue weighted by atomic mass is 16.5. The van der Waals surface area contributed by atoms with E-state index >= 15 is 0 Å². The summed E-state index contributed by atoms with van der Waals surface area (Å²) in [6.45, 7) is 10.0. The first-order chi connectivity index (χ1) is 11.2. The molecule has 0 aliphatic rings. The van der Waals surface area contributed by atoms with Gasteiger partial charge in [-0.15, -0.1) is 0 Å². The van der Waals surface area contributed by atoms with Gasteiger partial charge in [-0.25, -0.2) is 0 Å². The topological polar surface area (TPSA) is 78.6 Å². The van der Waals surface area contributed by atoms with Crippen LogP contribution in [-0.4, -0.2) is 24.6 Å². The second-order valence-electron chi connectivity index (χ2n) is 6.61. The summed E-state index contributed by atoms with van der Waals surface area (Å²) >= 11 is 0. The first-order valence-corrected chi connectivity index (χ1v) is 8.49. The van der Waals surface area contributed by atoms with Gasteiger partial charge < -0.3 is 15.2 Å². The van der Waals surface area contributed by atoms with Crippen molar-refractivity contribution in [3.05, 3.63) is 29.3 Å². The van der Waals surface area contributed by atoms with Crippen molar-refractivity contribution in [2.75, 3.05) is 6.61 Å². The number of rotatable bonds is 8. The number of esters is 2. The Hall–Kier alpha value is -1.88. The fraction of sp³-hybridized carbons (Fsp3) is 0.579. The van der Waals surface area contributed by atoms with Crippen molar-refractivity contribution in [1.29, 1.82) is 0 Å². The molecule has 5 nitrogen and oxygen atoms in total. The lowest BCUT2D eigenvalue weighted by Gasteiger charge is -2.18. The van der Waals surface area contributed by atoms with Crippen molar-refractivity contribution in [3.8, 4) is 5.75 Å². The molecule has 0 aliphatic heterocycles. The molecular formula is C19H29NO4. The van der Waals surface area contributed by atoms with Crippen LogP contribution in [0.2, 0.25) is 0 Å². The van der Waals surface area contributed by atoms with Crippen LogP contribution >= 0.6 is 0 Å². The summed E-state index contributed by atoms with van der Waals surface area (Å²) in [5.74, 6) is 0.412. The lowest BCUT2D eigenvalue weighted by molar-refractivity contribution is -0.146. The van der Waals surface area contributed by atoms with Crippen molar-refractivity contribution >= 4 is 11.9 Å². The van der Waals surface area contributed by atoms with Gasteiger partial charge >= 0.3 is 11.9 Å². The van der Waals surface area contributed by atoms with E-state index in [1.54, 1.807) is 6.92 Å². The molecule has 1 rings (SSSR count). The molecule has 134 valence electrons. The maximum absolute atomic E-state index is 12.2. The van der Waals surface area contributed by atoms with Crippen LogP contribution in [0.5, 0.6) is 5.75 Å². The summed E-state index contributed by atoms with van der Waals surface area (Å²) in [7, 11) is 0. The van der Waals surface area contributed by atoms with Gasteiger partial charge in [-0.3, -0.25) is 9.59 Å². The monoisotopic (exact) mass is 335 g/mol. The number of para-hydroxylation sites is 1. The lowest BCUT2D eigenvalue weighted by Crippen LogP contribution is -2.29. The molecule has 5 heteroatoms. The minimum absolute atomic E-state index is 0.165. The molecule has 0 saturated heterocycles. The molecular weight excluding hydrogens is 306 g/mol. The van der Waals surface area contributed by atoms with Crippen LogP contribution in [0.15, 0.2) is 18.2 Å². The van der Waals surface area contributed by atoms with E-state index in [1.807, 2.05) is 18.2 Å². The molecule has 0 aliphatic carbocycles. The van der Waals surface area contributed by atoms with Crippen LogP contribution in [0.1, 0.15) is 70.4 Å². The normalized spacial score (nSPS) is 12.3. The van der Waals surface area contributed by atoms with Gasteiger partial charge in [-0.2, -0.15) is 0 Å². The lowest BCUT2D eigenvalue weighted by atomic mass is 9.94. The van der Waals surface area contributed by atoms with Crippen LogP contribution in [-0.2, 0) is 14.3 Å². The molecule has 2 N–H and O–H groups in total. The van der Waals surface area contributed by atoms with Crippen LogP contribution in [0, 0.1) is 0 Å². The van der Waals surface area contributed by atoms with Crippen molar-refractivity contribution < 1.29 is 19.1 Å². The minimum Gasteiger partial charge on any atom is -0.465 e. The predicted molar refractivity (Wildman–Crippen MR) is 94.1 cm³/mol. The van der Waals surface area contributed by atoms with Crippen LogP contribution in [0.4, 0.5) is 0 Å². The smallest absolute Gasteiger partial charge is 0.322 e. The van der Waals surface area contributed by atoms with E-state index < -0.39 is 12.0 Å². The fourth-order valence-corrected chi connectivity index (χ4v) is 2.29. The van der Waals surface area contributed by atoms with Gasteiger partial charge in [0.25, 0.3) is 0 Å². The standard InChI is InChI=1S/C19H29NO4/c1-12(2)15-8-6-9-16(13(3)4)18(15)24-17(21)10-7-11-23-19(22)14(5)20/h6,8-9,12-14H,7,10-11,20H2,1-5H3. The first-order valence-electron chi connectivity index (χ1n) is 8.49. The number of hydrogen-bond acceptors (Lipinski definition) is 5. The molecule has 0 aromatic heterocycles. The zero-order chi connectivity index (χ0) is 18.3. The van der Waals surface area contributed by atoms with Gasteiger partial charge in [0.05, 0.1) is 6.61 Å². The molecule has 0 saturated carbocycles. The van der Waals surface area contributed by atoms with Gasteiger partial charge in [0.1, 0.15) is 11.8 Å². The number of carbonyl (C=O) groups is 2. The summed E-state index contributed by atoms with van der Waals surface area (Å²) in [6, 6.07) is 5.33. The molecule has 0 bridgehead atoms. The first kappa shape index (κ1) is 20.2. The fourth-order valence-electron chi connectivity index (χ4n) is 2.29. The van der Waals surface area contributed by atoms with Gasteiger partial charge in [-0.1, -0.05) is 45.9 Å². The second kappa shape index (κ2) is 9.42. The molecule has 0 fully saturated rings. The number of nitrogens with two attached hydrogens (primary N) is 1. The molecule has 24 heavy (non-hydrogen) atoms. The SMILES string of the molecule is CC(N)C(=O)OCCCC(=O)Oc1c(C(C)C)cccc1C(C)C. The highest BCUT2D eigenvalue weighted by Crippen LogP contribution is 2.34. The average Bonchev–Trinajstić information content (AvgIpc) is 2.50. The Labute approximate surface area is 144 Å². The van der Waals surface area contributed by atoms with E-state index in [4.69, 9.17) is 15.2 Å². The maximum atomic E-state index is 12.2. The third-order valence-electron chi connectivity index (χ3n) is 3.68. The molecule has 1 unspecified atom stereocenters. The Morgan fingerprint density at radius 2 is 1.58 bits per heavy atom. The highest BCUT2D eigenvalue weighted by Gasteiger charge is 2.18. The zero-order valence-corrected chi connectivity index (χ0v) is 15.3. The maximum Gasteiger partial charge on any atom is 0.322 e. The van der Waals surface area contributed by atoms with E-state index in [0.29, 0.717) is 12.2 Å². The second-order valence-corrected chi connectivity index (χ2v) is 6.61. The minimum atomic E-state index is -0.650. The van der Waals surface area contributed by atoms with Crippen molar-refractivity contribution in [1.82, 2.24) is 0 Å². The highest BCUT2D eigenvalue weighted by molar-refractivity contribution is 5.75. The molecule has 0 radical (unpaired) electrons. The van der Waals surface area contributed by atoms with E-state index in [-0.39, 0.29) is 30.8 Å². The van der Waals surface area contributed by atoms with Gasteiger partial charge in [0.15, 0.2) is 0 Å². The third kappa shape index (κ3) is 5.96. The Morgan fingerprint density at radius 1 is 1.04 bits per heavy atom. The Bertz CT molecular complexity index is 538. The van der Waals surface area contributed by atoms with Crippen LogP contribution in [0.25, 0.3) is 0 Å². The largest absolute Gasteiger partial charge is 0.465 e. The van der Waals surface area contributed by atoms with E-state index in [2.05, 4.69) is 27.7 Å². The van der Waals surface area contributed by atoms with E-state index in [0.717, 1.165) is 11.1 Å². The Kier molecular flexibility index (Phi) is 7.92. The molecule has 1 aromatic carbocycles. The predicted octanol–water partition coefficient (Wildman–Crippen LogP) is 3.51. The van der Waals surface area contributed by atoms with Crippen molar-refractivity contribution in [2.45, 2.75) is 65.3 Å². The zero-order valence-electron chi connectivity index (χ0n) is 15.3. The van der Waals surface area contributed by atoms with Crippen molar-refractivity contribution in [3.63, 3.8) is 0 Å². The molecule has 1 atom stereocenters. The van der Waals surface area contributed by atoms with E-state index in [9.17, 15) is 9.59 Å². The number of hydrogen-bond donors (Lipinski definition) is 1. The van der Waals surface area contributed by atoms with Gasteiger partial charge in [0.2, 0.25) is 0 Å². The van der Waals surface area contributed by atoms with Crippen molar-refractivity contribution in [2.24, 2.45) is 5.73 Å². The molecule has 0 amide bonds. The number of ether oxygens (including phenoxy) is 2. The summed E-state index contributed by atoms with van der Waals surface area (Å²) < 4.78 is 10.6. The summed E-state index contributed by atoms with van der Waals surface area (Å²) in [5.41, 5.74) is 7.46.